The van der Waals surface area contributed by atoms with E-state index in [9.17, 15) is 0 Å². The van der Waals surface area contributed by atoms with E-state index in [0.29, 0.717) is 5.88 Å². The molecule has 0 spiro atoms. The Morgan fingerprint density at radius 1 is 1.05 bits per heavy atom. The summed E-state index contributed by atoms with van der Waals surface area (Å²) in [6.07, 6.45) is 0. The van der Waals surface area contributed by atoms with Crippen LogP contribution in [0.3, 0.4) is 0 Å². The van der Waals surface area contributed by atoms with E-state index < -0.39 is 0 Å². The molecule has 0 aliphatic rings. The van der Waals surface area contributed by atoms with Crippen LogP contribution in [0.2, 0.25) is 0 Å². The molecule has 1 aromatic heterocycles. The monoisotopic (exact) mass is 299 g/mol. The Kier molecular flexibility index (Phi) is 3.88. The summed E-state index contributed by atoms with van der Waals surface area (Å²) < 4.78 is 7.18. The van der Waals surface area contributed by atoms with Crippen LogP contribution in [0.1, 0.15) is 5.69 Å². The number of ether oxygens (including phenoxy) is 1. The largest absolute Gasteiger partial charge is 0.494 e. The Hall–Kier alpha value is -2.33. The molecule has 3 rings (SSSR count). The molecule has 0 saturated carbocycles. The first kappa shape index (κ1) is 13.6. The van der Waals surface area contributed by atoms with Gasteiger partial charge in [-0.05, 0) is 12.1 Å². The third kappa shape index (κ3) is 2.50. The summed E-state index contributed by atoms with van der Waals surface area (Å²) in [5.74, 6) is 1.04. The molecule has 0 fully saturated rings. The molecule has 2 aromatic carbocycles. The molecule has 0 unspecified atom stereocenters. The van der Waals surface area contributed by atoms with E-state index >= 15 is 0 Å². The number of alkyl halides is 1. The second-order valence-electron chi connectivity index (χ2n) is 4.47. The van der Waals surface area contributed by atoms with Crippen molar-refractivity contribution in [2.45, 2.75) is 5.88 Å². The fourth-order valence-electron chi connectivity index (χ4n) is 2.26. The number of halogens is 1. The van der Waals surface area contributed by atoms with E-state index in [-0.39, 0.29) is 0 Å². The van der Waals surface area contributed by atoms with Gasteiger partial charge in [0.15, 0.2) is 0 Å². The van der Waals surface area contributed by atoms with Crippen LogP contribution in [0.15, 0.2) is 54.6 Å². The van der Waals surface area contributed by atoms with Crippen LogP contribution in [-0.2, 0) is 5.88 Å². The molecule has 1 heterocycles. The molecule has 0 N–H and O–H groups in total. The molecule has 21 heavy (non-hydrogen) atoms. The molecule has 106 valence electrons. The number of rotatable bonds is 4. The highest BCUT2D eigenvalue weighted by Crippen LogP contribution is 2.30. The Morgan fingerprint density at radius 3 is 2.48 bits per heavy atom. The molecule has 0 amide bonds. The highest BCUT2D eigenvalue weighted by molar-refractivity contribution is 6.17. The molecule has 0 saturated heterocycles. The van der Waals surface area contributed by atoms with E-state index in [4.69, 9.17) is 16.3 Å². The van der Waals surface area contributed by atoms with Crippen molar-refractivity contribution >= 4 is 11.6 Å². The summed E-state index contributed by atoms with van der Waals surface area (Å²) in [5, 5.41) is 8.43. The zero-order valence-corrected chi connectivity index (χ0v) is 12.3. The SMILES string of the molecule is COc1ccccc1-n1nnc(CCl)c1-c1ccccc1. The van der Waals surface area contributed by atoms with Gasteiger partial charge in [0.25, 0.3) is 0 Å². The van der Waals surface area contributed by atoms with E-state index in [1.54, 1.807) is 11.8 Å². The molecule has 0 aliphatic carbocycles. The summed E-state index contributed by atoms with van der Waals surface area (Å²) in [6.45, 7) is 0. The Balaban J connectivity index is 2.23. The minimum Gasteiger partial charge on any atom is -0.494 e. The van der Waals surface area contributed by atoms with Crippen molar-refractivity contribution in [1.82, 2.24) is 15.0 Å². The molecule has 0 atom stereocenters. The van der Waals surface area contributed by atoms with Crippen molar-refractivity contribution in [1.29, 1.82) is 0 Å². The predicted molar refractivity (Wildman–Crippen MR) is 82.9 cm³/mol. The number of benzene rings is 2. The van der Waals surface area contributed by atoms with Crippen LogP contribution in [0, 0.1) is 0 Å². The van der Waals surface area contributed by atoms with Gasteiger partial charge in [-0.2, -0.15) is 0 Å². The average molecular weight is 300 g/mol. The molecule has 0 aliphatic heterocycles. The van der Waals surface area contributed by atoms with E-state index in [0.717, 1.165) is 28.4 Å². The molecular weight excluding hydrogens is 286 g/mol. The van der Waals surface area contributed by atoms with Crippen LogP contribution in [0.4, 0.5) is 0 Å². The number of aromatic nitrogens is 3. The number of hydrogen-bond donors (Lipinski definition) is 0. The third-order valence-corrected chi connectivity index (χ3v) is 3.48. The van der Waals surface area contributed by atoms with E-state index in [1.807, 2.05) is 54.6 Å². The topological polar surface area (TPSA) is 39.9 Å². The highest BCUT2D eigenvalue weighted by atomic mass is 35.5. The van der Waals surface area contributed by atoms with Crippen molar-refractivity contribution in [3.63, 3.8) is 0 Å². The van der Waals surface area contributed by atoms with Crippen molar-refractivity contribution in [2.24, 2.45) is 0 Å². The maximum atomic E-state index is 6.01. The van der Waals surface area contributed by atoms with Gasteiger partial charge >= 0.3 is 0 Å². The standard InChI is InChI=1S/C16H14ClN3O/c1-21-15-10-6-5-9-14(15)20-16(13(11-17)18-19-20)12-7-3-2-4-8-12/h2-10H,11H2,1H3. The number of nitrogens with zero attached hydrogens (tertiary/aromatic N) is 3. The number of methoxy groups -OCH3 is 1. The molecular formula is C16H14ClN3O. The summed E-state index contributed by atoms with van der Waals surface area (Å²) in [7, 11) is 1.64. The molecule has 4 nitrogen and oxygen atoms in total. The van der Waals surface area contributed by atoms with Crippen molar-refractivity contribution in [2.75, 3.05) is 7.11 Å². The summed E-state index contributed by atoms with van der Waals surface area (Å²) in [6, 6.07) is 17.7. The fourth-order valence-corrected chi connectivity index (χ4v) is 2.44. The first-order chi connectivity index (χ1) is 10.3. The first-order valence-corrected chi connectivity index (χ1v) is 7.08. The zero-order valence-electron chi connectivity index (χ0n) is 11.5. The van der Waals surface area contributed by atoms with Crippen molar-refractivity contribution < 1.29 is 4.74 Å². The lowest BCUT2D eigenvalue weighted by Gasteiger charge is -2.11. The lowest BCUT2D eigenvalue weighted by molar-refractivity contribution is 0.411. The normalized spacial score (nSPS) is 10.6. The molecule has 3 aromatic rings. The van der Waals surface area contributed by atoms with Crippen molar-refractivity contribution in [3.8, 4) is 22.7 Å². The van der Waals surface area contributed by atoms with Gasteiger partial charge in [-0.1, -0.05) is 47.7 Å². The van der Waals surface area contributed by atoms with Crippen LogP contribution < -0.4 is 4.74 Å². The third-order valence-electron chi connectivity index (χ3n) is 3.23. The quantitative estimate of drug-likeness (QED) is 0.690. The van der Waals surface area contributed by atoms with Gasteiger partial charge in [-0.15, -0.1) is 16.7 Å². The summed E-state index contributed by atoms with van der Waals surface area (Å²) >= 11 is 6.01. The van der Waals surface area contributed by atoms with E-state index in [1.165, 1.54) is 0 Å². The van der Waals surface area contributed by atoms with Gasteiger partial charge in [0.1, 0.15) is 17.1 Å². The van der Waals surface area contributed by atoms with Gasteiger partial charge in [0.05, 0.1) is 18.7 Å². The molecule has 0 bridgehead atoms. The second kappa shape index (κ2) is 5.97. The number of hydrogen-bond acceptors (Lipinski definition) is 3. The fraction of sp³-hybridized carbons (Fsp3) is 0.125. The first-order valence-electron chi connectivity index (χ1n) is 6.54. The molecule has 5 heteroatoms. The lowest BCUT2D eigenvalue weighted by Crippen LogP contribution is -2.02. The Bertz CT molecular complexity index is 740. The van der Waals surface area contributed by atoms with Crippen LogP contribution in [-0.4, -0.2) is 22.1 Å². The van der Waals surface area contributed by atoms with E-state index in [2.05, 4.69) is 10.3 Å². The smallest absolute Gasteiger partial charge is 0.144 e. The van der Waals surface area contributed by atoms with Gasteiger partial charge < -0.3 is 4.74 Å². The van der Waals surface area contributed by atoms with Gasteiger partial charge in [-0.3, -0.25) is 0 Å². The minimum absolute atomic E-state index is 0.305. The van der Waals surface area contributed by atoms with Crippen LogP contribution in [0.5, 0.6) is 5.75 Å². The number of para-hydroxylation sites is 2. The van der Waals surface area contributed by atoms with Gasteiger partial charge in [0, 0.05) is 5.56 Å². The average Bonchev–Trinajstić information content (AvgIpc) is 2.99. The maximum absolute atomic E-state index is 6.01. The summed E-state index contributed by atoms with van der Waals surface area (Å²) in [4.78, 5) is 0. The second-order valence-corrected chi connectivity index (χ2v) is 4.74. The van der Waals surface area contributed by atoms with Crippen LogP contribution in [0.25, 0.3) is 16.9 Å². The van der Waals surface area contributed by atoms with Gasteiger partial charge in [0.2, 0.25) is 0 Å². The predicted octanol–water partition coefficient (Wildman–Crippen LogP) is 3.68. The Morgan fingerprint density at radius 2 is 1.76 bits per heavy atom. The van der Waals surface area contributed by atoms with Crippen LogP contribution >= 0.6 is 11.6 Å². The minimum atomic E-state index is 0.305. The lowest BCUT2D eigenvalue weighted by atomic mass is 10.1. The van der Waals surface area contributed by atoms with Gasteiger partial charge in [-0.25, -0.2) is 4.68 Å². The van der Waals surface area contributed by atoms with Crippen molar-refractivity contribution in [3.05, 3.63) is 60.3 Å². The molecule has 0 radical (unpaired) electrons. The Labute approximate surface area is 127 Å². The zero-order chi connectivity index (χ0) is 14.7. The maximum Gasteiger partial charge on any atom is 0.144 e. The summed E-state index contributed by atoms with van der Waals surface area (Å²) in [5.41, 5.74) is 3.48. The highest BCUT2D eigenvalue weighted by Gasteiger charge is 2.17.